The van der Waals surface area contributed by atoms with Crippen LogP contribution in [0.15, 0.2) is 54.6 Å². The number of ether oxygens (including phenoxy) is 1. The van der Waals surface area contributed by atoms with Crippen molar-refractivity contribution in [3.8, 4) is 16.9 Å². The normalized spacial score (nSPS) is 11.7. The maximum atomic E-state index is 13.9. The molecule has 0 aliphatic rings. The molecule has 0 spiro atoms. The molecule has 0 fully saturated rings. The number of halogens is 4. The summed E-state index contributed by atoms with van der Waals surface area (Å²) in [5.74, 6) is -1.42. The predicted molar refractivity (Wildman–Crippen MR) is 116 cm³/mol. The van der Waals surface area contributed by atoms with E-state index >= 15 is 0 Å². The number of benzene rings is 2. The van der Waals surface area contributed by atoms with Gasteiger partial charge in [-0.15, -0.1) is 0 Å². The van der Waals surface area contributed by atoms with Crippen LogP contribution >= 0.6 is 0 Å². The van der Waals surface area contributed by atoms with Crippen molar-refractivity contribution in [2.24, 2.45) is 0 Å². The van der Waals surface area contributed by atoms with Crippen molar-refractivity contribution in [1.82, 2.24) is 9.78 Å². The van der Waals surface area contributed by atoms with Crippen LogP contribution in [0.3, 0.4) is 0 Å². The number of nitro groups is 1. The lowest BCUT2D eigenvalue weighted by Crippen LogP contribution is -2.09. The Bertz CT molecular complexity index is 1200. The van der Waals surface area contributed by atoms with Gasteiger partial charge < -0.3 is 4.74 Å². The van der Waals surface area contributed by atoms with E-state index in [0.29, 0.717) is 6.42 Å². The van der Waals surface area contributed by atoms with Crippen LogP contribution in [0.1, 0.15) is 31.0 Å². The zero-order valence-corrected chi connectivity index (χ0v) is 17.9. The molecule has 0 aliphatic carbocycles. The van der Waals surface area contributed by atoms with E-state index in [0.717, 1.165) is 47.5 Å². The molecule has 2 aromatic carbocycles. The number of carbonyl (C=O) groups is 1. The molecule has 3 aromatic rings. The summed E-state index contributed by atoms with van der Waals surface area (Å²) in [4.78, 5) is 22.3. The first-order valence-electron chi connectivity index (χ1n) is 10.2. The average molecular weight is 477 g/mol. The van der Waals surface area contributed by atoms with Gasteiger partial charge in [0.2, 0.25) is 0 Å². The van der Waals surface area contributed by atoms with Gasteiger partial charge in [-0.2, -0.15) is 18.3 Å². The fourth-order valence-corrected chi connectivity index (χ4v) is 3.10. The molecule has 3 rings (SSSR count). The minimum atomic E-state index is -4.90. The van der Waals surface area contributed by atoms with E-state index in [9.17, 15) is 32.5 Å². The largest absolute Gasteiger partial charge is 0.463 e. The quantitative estimate of drug-likeness (QED) is 0.0998. The minimum Gasteiger partial charge on any atom is -0.463 e. The number of hydrogen-bond acceptors (Lipinski definition) is 5. The minimum absolute atomic E-state index is 0.0845. The van der Waals surface area contributed by atoms with Gasteiger partial charge in [-0.1, -0.05) is 13.3 Å². The third-order valence-corrected chi connectivity index (χ3v) is 4.74. The van der Waals surface area contributed by atoms with Gasteiger partial charge >= 0.3 is 12.1 Å². The topological polar surface area (TPSA) is 87.3 Å². The van der Waals surface area contributed by atoms with E-state index < -0.39 is 34.1 Å². The van der Waals surface area contributed by atoms with Crippen molar-refractivity contribution in [2.75, 3.05) is 6.61 Å². The maximum Gasteiger partial charge on any atom is 0.435 e. The van der Waals surface area contributed by atoms with Gasteiger partial charge in [0.1, 0.15) is 5.82 Å². The lowest BCUT2D eigenvalue weighted by molar-refractivity contribution is -0.384. The van der Waals surface area contributed by atoms with E-state index in [1.54, 1.807) is 0 Å². The Kier molecular flexibility index (Phi) is 7.44. The summed E-state index contributed by atoms with van der Waals surface area (Å²) in [5, 5.41) is 14.7. The molecule has 0 radical (unpaired) electrons. The second-order valence-corrected chi connectivity index (χ2v) is 7.16. The van der Waals surface area contributed by atoms with E-state index in [-0.39, 0.29) is 29.2 Å². The molecule has 0 N–H and O–H groups in total. The summed E-state index contributed by atoms with van der Waals surface area (Å²) in [5.41, 5.74) is -1.79. The van der Waals surface area contributed by atoms with Gasteiger partial charge in [0.15, 0.2) is 5.69 Å². The second-order valence-electron chi connectivity index (χ2n) is 7.16. The smallest absolute Gasteiger partial charge is 0.435 e. The summed E-state index contributed by atoms with van der Waals surface area (Å²) >= 11 is 0. The lowest BCUT2D eigenvalue weighted by atomic mass is 10.0. The molecular formula is C23H19F4N3O4. The molecule has 0 saturated heterocycles. The van der Waals surface area contributed by atoms with Gasteiger partial charge in [0, 0.05) is 29.3 Å². The molecule has 1 heterocycles. The average Bonchev–Trinajstić information content (AvgIpc) is 3.18. The van der Waals surface area contributed by atoms with Gasteiger partial charge in [0.25, 0.3) is 5.69 Å². The SMILES string of the molecule is CCCCOC(=O)/C=C/c1c(C(F)(F)F)nn(-c2ccc([N+](=O)[O-])cc2)c1-c1ccc(F)cc1. The van der Waals surface area contributed by atoms with Crippen molar-refractivity contribution >= 4 is 17.7 Å². The number of aromatic nitrogens is 2. The summed E-state index contributed by atoms with van der Waals surface area (Å²) in [6.07, 6.45) is -1.70. The Balaban J connectivity index is 2.19. The Morgan fingerprint density at radius 1 is 1.15 bits per heavy atom. The molecule has 11 heteroatoms. The monoisotopic (exact) mass is 477 g/mol. The number of esters is 1. The molecule has 178 valence electrons. The van der Waals surface area contributed by atoms with Crippen molar-refractivity contribution in [3.05, 3.63) is 81.8 Å². The third-order valence-electron chi connectivity index (χ3n) is 4.74. The number of nitro benzene ring substituents is 1. The Labute approximate surface area is 191 Å². The van der Waals surface area contributed by atoms with Crippen molar-refractivity contribution in [1.29, 1.82) is 0 Å². The first-order valence-corrected chi connectivity index (χ1v) is 10.2. The van der Waals surface area contributed by atoms with Crippen LogP contribution in [-0.4, -0.2) is 27.3 Å². The van der Waals surface area contributed by atoms with Crippen LogP contribution < -0.4 is 0 Å². The standard InChI is InChI=1S/C23H19F4N3O4/c1-2-3-14-34-20(31)13-12-19-21(15-4-6-16(24)7-5-15)29(28-22(19)23(25,26)27)17-8-10-18(11-9-17)30(32)33/h4-13H,2-3,14H2,1H3/b13-12+. The number of non-ortho nitro benzene ring substituents is 1. The molecular weight excluding hydrogens is 458 g/mol. The summed E-state index contributed by atoms with van der Waals surface area (Å²) in [6, 6.07) is 9.41. The molecule has 0 saturated carbocycles. The summed E-state index contributed by atoms with van der Waals surface area (Å²) in [7, 11) is 0. The van der Waals surface area contributed by atoms with Crippen LogP contribution in [0.5, 0.6) is 0 Å². The molecule has 0 atom stereocenters. The van der Waals surface area contributed by atoms with Crippen molar-refractivity contribution in [3.63, 3.8) is 0 Å². The van der Waals surface area contributed by atoms with E-state index in [4.69, 9.17) is 4.74 Å². The molecule has 0 amide bonds. The fraction of sp³-hybridized carbons (Fsp3) is 0.217. The number of rotatable bonds is 8. The fourth-order valence-electron chi connectivity index (χ4n) is 3.10. The van der Waals surface area contributed by atoms with Gasteiger partial charge in [-0.3, -0.25) is 10.1 Å². The Hall–Kier alpha value is -4.02. The molecule has 0 aliphatic heterocycles. The highest BCUT2D eigenvalue weighted by molar-refractivity contribution is 5.89. The van der Waals surface area contributed by atoms with E-state index in [2.05, 4.69) is 5.10 Å². The molecule has 34 heavy (non-hydrogen) atoms. The first kappa shape index (κ1) is 24.6. The number of nitrogens with zero attached hydrogens (tertiary/aromatic N) is 3. The molecule has 0 bridgehead atoms. The highest BCUT2D eigenvalue weighted by Gasteiger charge is 2.39. The highest BCUT2D eigenvalue weighted by Crippen LogP contribution is 2.38. The Morgan fingerprint density at radius 3 is 2.35 bits per heavy atom. The van der Waals surface area contributed by atoms with Crippen LogP contribution in [0.25, 0.3) is 23.0 Å². The summed E-state index contributed by atoms with van der Waals surface area (Å²) in [6.45, 7) is 2.01. The number of unbranched alkanes of at least 4 members (excludes halogenated alkanes) is 1. The molecule has 1 aromatic heterocycles. The summed E-state index contributed by atoms with van der Waals surface area (Å²) < 4.78 is 61.1. The second kappa shape index (κ2) is 10.3. The lowest BCUT2D eigenvalue weighted by Gasteiger charge is -2.09. The Morgan fingerprint density at radius 2 is 1.79 bits per heavy atom. The predicted octanol–water partition coefficient (Wildman–Crippen LogP) is 5.96. The number of carbonyl (C=O) groups excluding carboxylic acids is 1. The maximum absolute atomic E-state index is 13.9. The van der Waals surface area contributed by atoms with Crippen LogP contribution in [0.2, 0.25) is 0 Å². The third kappa shape index (κ3) is 5.66. The van der Waals surface area contributed by atoms with Crippen molar-refractivity contribution < 1.29 is 32.0 Å². The van der Waals surface area contributed by atoms with Crippen LogP contribution in [0.4, 0.5) is 23.2 Å². The van der Waals surface area contributed by atoms with Crippen LogP contribution in [0, 0.1) is 15.9 Å². The van der Waals surface area contributed by atoms with E-state index in [1.165, 1.54) is 24.3 Å². The zero-order chi connectivity index (χ0) is 24.9. The number of alkyl halides is 3. The van der Waals surface area contributed by atoms with Crippen LogP contribution in [-0.2, 0) is 15.7 Å². The highest BCUT2D eigenvalue weighted by atomic mass is 19.4. The van der Waals surface area contributed by atoms with Gasteiger partial charge in [-0.05, 0) is 48.9 Å². The van der Waals surface area contributed by atoms with E-state index in [1.807, 2.05) is 6.92 Å². The first-order chi connectivity index (χ1) is 16.1. The van der Waals surface area contributed by atoms with Gasteiger partial charge in [-0.25, -0.2) is 13.9 Å². The van der Waals surface area contributed by atoms with Gasteiger partial charge in [0.05, 0.1) is 22.9 Å². The number of hydrogen-bond donors (Lipinski definition) is 0. The molecule has 0 unspecified atom stereocenters. The molecule has 7 nitrogen and oxygen atoms in total. The van der Waals surface area contributed by atoms with Crippen molar-refractivity contribution in [2.45, 2.75) is 25.9 Å². The zero-order valence-electron chi connectivity index (χ0n) is 17.9.